The second kappa shape index (κ2) is 8.01. The monoisotopic (exact) mass is 372 g/mol. The molecule has 0 saturated carbocycles. The molecule has 1 N–H and O–H groups in total. The van der Waals surface area contributed by atoms with Crippen molar-refractivity contribution in [3.05, 3.63) is 65.7 Å². The number of hydrogen-bond donors (Lipinski definition) is 1. The Kier molecular flexibility index (Phi) is 5.74. The van der Waals surface area contributed by atoms with E-state index < -0.39 is 16.1 Å². The van der Waals surface area contributed by atoms with Gasteiger partial charge in [-0.15, -0.1) is 0 Å². The molecule has 0 aliphatic carbocycles. The van der Waals surface area contributed by atoms with Gasteiger partial charge in [-0.1, -0.05) is 48.9 Å². The fourth-order valence-corrected chi connectivity index (χ4v) is 4.97. The normalized spacial score (nSPS) is 18.4. The van der Waals surface area contributed by atoms with Gasteiger partial charge in [-0.05, 0) is 43.0 Å². The number of hydrogen-bond acceptors (Lipinski definition) is 3. The largest absolute Gasteiger partial charge is 0.351 e. The van der Waals surface area contributed by atoms with Crippen molar-refractivity contribution >= 4 is 15.9 Å². The maximum atomic E-state index is 13.0. The second-order valence-electron chi connectivity index (χ2n) is 6.58. The summed E-state index contributed by atoms with van der Waals surface area (Å²) in [6, 6.07) is 15.5. The van der Waals surface area contributed by atoms with Crippen molar-refractivity contribution < 1.29 is 13.2 Å². The predicted octanol–water partition coefficient (Wildman–Crippen LogP) is 2.85. The van der Waals surface area contributed by atoms with Crippen molar-refractivity contribution in [1.82, 2.24) is 9.62 Å². The average molecular weight is 372 g/mol. The summed E-state index contributed by atoms with van der Waals surface area (Å²) in [7, 11) is -3.67. The van der Waals surface area contributed by atoms with E-state index in [0.717, 1.165) is 24.0 Å². The molecule has 1 unspecified atom stereocenters. The van der Waals surface area contributed by atoms with E-state index in [-0.39, 0.29) is 10.8 Å². The molecule has 0 spiro atoms. The fraction of sp³-hybridized carbons (Fsp3) is 0.350. The molecular formula is C20H24N2O3S. The first-order valence-electron chi connectivity index (χ1n) is 8.89. The lowest BCUT2D eigenvalue weighted by Crippen LogP contribution is -2.51. The zero-order chi connectivity index (χ0) is 18.6. The van der Waals surface area contributed by atoms with Crippen molar-refractivity contribution in [2.75, 3.05) is 6.54 Å². The average Bonchev–Trinajstić information content (AvgIpc) is 2.68. The molecular weight excluding hydrogens is 348 g/mol. The highest BCUT2D eigenvalue weighted by atomic mass is 32.2. The van der Waals surface area contributed by atoms with Gasteiger partial charge in [-0.3, -0.25) is 4.79 Å². The van der Waals surface area contributed by atoms with Gasteiger partial charge in [-0.25, -0.2) is 8.42 Å². The highest BCUT2D eigenvalue weighted by Gasteiger charge is 2.37. The molecule has 0 aromatic heterocycles. The van der Waals surface area contributed by atoms with Gasteiger partial charge in [0.1, 0.15) is 6.04 Å². The Bertz CT molecular complexity index is 866. The van der Waals surface area contributed by atoms with E-state index >= 15 is 0 Å². The quantitative estimate of drug-likeness (QED) is 0.878. The van der Waals surface area contributed by atoms with Crippen LogP contribution in [0.15, 0.2) is 59.5 Å². The molecule has 1 amide bonds. The summed E-state index contributed by atoms with van der Waals surface area (Å²) in [5.74, 6) is -0.229. The molecule has 1 heterocycles. The molecule has 138 valence electrons. The number of carbonyl (C=O) groups excluding carboxylic acids is 1. The minimum absolute atomic E-state index is 0.229. The molecule has 5 nitrogen and oxygen atoms in total. The van der Waals surface area contributed by atoms with Crippen LogP contribution in [0.25, 0.3) is 0 Å². The number of rotatable bonds is 5. The summed E-state index contributed by atoms with van der Waals surface area (Å²) < 4.78 is 27.3. The Morgan fingerprint density at radius 2 is 1.77 bits per heavy atom. The highest BCUT2D eigenvalue weighted by molar-refractivity contribution is 7.89. The summed E-state index contributed by atoms with van der Waals surface area (Å²) >= 11 is 0. The van der Waals surface area contributed by atoms with E-state index in [2.05, 4.69) is 5.32 Å². The predicted molar refractivity (Wildman–Crippen MR) is 101 cm³/mol. The zero-order valence-electron chi connectivity index (χ0n) is 14.9. The van der Waals surface area contributed by atoms with Crippen LogP contribution < -0.4 is 5.32 Å². The Labute approximate surface area is 155 Å². The van der Waals surface area contributed by atoms with Crippen LogP contribution in [0.5, 0.6) is 0 Å². The summed E-state index contributed by atoms with van der Waals surface area (Å²) in [4.78, 5) is 13.0. The van der Waals surface area contributed by atoms with Crippen LogP contribution in [0, 0.1) is 6.92 Å². The lowest BCUT2D eigenvalue weighted by Gasteiger charge is -2.33. The number of benzene rings is 2. The van der Waals surface area contributed by atoms with Gasteiger partial charge < -0.3 is 5.32 Å². The maximum absolute atomic E-state index is 13.0. The number of nitrogens with one attached hydrogen (secondary N) is 1. The zero-order valence-corrected chi connectivity index (χ0v) is 15.7. The van der Waals surface area contributed by atoms with E-state index in [1.54, 1.807) is 30.3 Å². The van der Waals surface area contributed by atoms with Gasteiger partial charge in [0, 0.05) is 13.1 Å². The minimum Gasteiger partial charge on any atom is -0.351 e. The first-order valence-corrected chi connectivity index (χ1v) is 10.3. The molecule has 2 aromatic rings. The van der Waals surface area contributed by atoms with Gasteiger partial charge in [-0.2, -0.15) is 4.31 Å². The van der Waals surface area contributed by atoms with Crippen molar-refractivity contribution in [2.45, 2.75) is 43.7 Å². The number of piperidine rings is 1. The topological polar surface area (TPSA) is 66.5 Å². The van der Waals surface area contributed by atoms with Crippen LogP contribution in [0.2, 0.25) is 0 Å². The Morgan fingerprint density at radius 1 is 1.08 bits per heavy atom. The molecule has 6 heteroatoms. The van der Waals surface area contributed by atoms with Crippen LogP contribution in [0.3, 0.4) is 0 Å². The smallest absolute Gasteiger partial charge is 0.243 e. The molecule has 1 fully saturated rings. The van der Waals surface area contributed by atoms with Gasteiger partial charge in [0.05, 0.1) is 4.90 Å². The summed E-state index contributed by atoms with van der Waals surface area (Å²) in [6.45, 7) is 2.77. The minimum atomic E-state index is -3.67. The molecule has 3 rings (SSSR count). The second-order valence-corrected chi connectivity index (χ2v) is 8.48. The Hall–Kier alpha value is -2.18. The summed E-state index contributed by atoms with van der Waals surface area (Å²) in [5.41, 5.74) is 2.14. The number of nitrogens with zero attached hydrogens (tertiary/aromatic N) is 1. The van der Waals surface area contributed by atoms with E-state index in [0.29, 0.717) is 19.5 Å². The standard InChI is InChI=1S/C20H24N2O3S/c1-16-9-5-6-10-17(16)15-21-20(23)19-13-7-8-14-22(19)26(24,25)18-11-3-2-4-12-18/h2-6,9-12,19H,7-8,13-15H2,1H3,(H,21,23). The summed E-state index contributed by atoms with van der Waals surface area (Å²) in [6.07, 6.45) is 2.17. The third-order valence-corrected chi connectivity index (χ3v) is 6.74. The Balaban J connectivity index is 1.76. The first kappa shape index (κ1) is 18.6. The van der Waals surface area contributed by atoms with Crippen molar-refractivity contribution in [3.8, 4) is 0 Å². The van der Waals surface area contributed by atoms with Gasteiger partial charge >= 0.3 is 0 Å². The van der Waals surface area contributed by atoms with Crippen molar-refractivity contribution in [1.29, 1.82) is 0 Å². The van der Waals surface area contributed by atoms with E-state index in [4.69, 9.17) is 0 Å². The maximum Gasteiger partial charge on any atom is 0.243 e. The van der Waals surface area contributed by atoms with Gasteiger partial charge in [0.2, 0.25) is 15.9 Å². The third kappa shape index (κ3) is 3.97. The number of carbonyl (C=O) groups is 1. The van der Waals surface area contributed by atoms with Crippen molar-refractivity contribution in [3.63, 3.8) is 0 Å². The lowest BCUT2D eigenvalue weighted by molar-refractivity contribution is -0.125. The molecule has 2 aromatic carbocycles. The van der Waals surface area contributed by atoms with Gasteiger partial charge in [0.15, 0.2) is 0 Å². The van der Waals surface area contributed by atoms with E-state index in [1.165, 1.54) is 4.31 Å². The third-order valence-electron chi connectivity index (χ3n) is 4.82. The molecule has 26 heavy (non-hydrogen) atoms. The van der Waals surface area contributed by atoms with Crippen LogP contribution in [-0.4, -0.2) is 31.2 Å². The van der Waals surface area contributed by atoms with Crippen LogP contribution in [0.4, 0.5) is 0 Å². The molecule has 0 radical (unpaired) electrons. The molecule has 1 aliphatic heterocycles. The molecule has 1 saturated heterocycles. The number of sulfonamides is 1. The van der Waals surface area contributed by atoms with Crippen LogP contribution >= 0.6 is 0 Å². The summed E-state index contributed by atoms with van der Waals surface area (Å²) in [5, 5.41) is 2.92. The lowest BCUT2D eigenvalue weighted by atomic mass is 10.0. The SMILES string of the molecule is Cc1ccccc1CNC(=O)C1CCCCN1S(=O)(=O)c1ccccc1. The number of amides is 1. The van der Waals surface area contributed by atoms with Crippen molar-refractivity contribution in [2.24, 2.45) is 0 Å². The molecule has 1 aliphatic rings. The number of aryl methyl sites for hydroxylation is 1. The fourth-order valence-electron chi connectivity index (χ4n) is 3.29. The van der Waals surface area contributed by atoms with E-state index in [1.807, 2.05) is 31.2 Å². The van der Waals surface area contributed by atoms with Gasteiger partial charge in [0.25, 0.3) is 0 Å². The van der Waals surface area contributed by atoms with Crippen LogP contribution in [-0.2, 0) is 21.4 Å². The highest BCUT2D eigenvalue weighted by Crippen LogP contribution is 2.25. The van der Waals surface area contributed by atoms with E-state index in [9.17, 15) is 13.2 Å². The van der Waals surface area contributed by atoms with Crippen LogP contribution in [0.1, 0.15) is 30.4 Å². The molecule has 1 atom stereocenters. The molecule has 0 bridgehead atoms. The Morgan fingerprint density at radius 3 is 2.50 bits per heavy atom. The first-order chi connectivity index (χ1) is 12.5.